The first-order valence-corrected chi connectivity index (χ1v) is 8.05. The van der Waals surface area contributed by atoms with Crippen molar-refractivity contribution < 1.29 is 4.79 Å². The van der Waals surface area contributed by atoms with E-state index >= 15 is 0 Å². The van der Waals surface area contributed by atoms with Gasteiger partial charge in [-0.05, 0) is 37.1 Å². The second-order valence-electron chi connectivity index (χ2n) is 5.56. The predicted molar refractivity (Wildman–Crippen MR) is 86.3 cm³/mol. The topological polar surface area (TPSA) is 60.9 Å². The fraction of sp³-hybridized carbons (Fsp3) is 0.375. The number of halogens is 1. The van der Waals surface area contributed by atoms with Crippen LogP contribution in [0.5, 0.6) is 0 Å². The van der Waals surface area contributed by atoms with E-state index < -0.39 is 0 Å². The maximum absolute atomic E-state index is 12.3. The molecule has 1 fully saturated rings. The fourth-order valence-electron chi connectivity index (χ4n) is 2.89. The van der Waals surface area contributed by atoms with Crippen LogP contribution in [-0.4, -0.2) is 15.6 Å². The number of benzene rings is 1. The molecule has 1 saturated carbocycles. The summed E-state index contributed by atoms with van der Waals surface area (Å²) in [4.78, 5) is 12.3. The summed E-state index contributed by atoms with van der Waals surface area (Å²) in [6.45, 7) is 0. The van der Waals surface area contributed by atoms with Gasteiger partial charge in [-0.2, -0.15) is 5.10 Å². The van der Waals surface area contributed by atoms with Crippen molar-refractivity contribution >= 4 is 27.4 Å². The summed E-state index contributed by atoms with van der Waals surface area (Å²) < 4.78 is 2.89. The number of Topliss-reactive ketones (excluding diaryl/α,β-unsaturated/α-hetero) is 1. The molecule has 1 aliphatic carbocycles. The van der Waals surface area contributed by atoms with Crippen molar-refractivity contribution in [1.29, 1.82) is 0 Å². The average molecular weight is 348 g/mol. The summed E-state index contributed by atoms with van der Waals surface area (Å²) in [6.07, 6.45) is 7.21. The van der Waals surface area contributed by atoms with Crippen molar-refractivity contribution in [3.8, 4) is 0 Å². The lowest BCUT2D eigenvalue weighted by Gasteiger charge is -2.09. The van der Waals surface area contributed by atoms with E-state index in [4.69, 9.17) is 5.73 Å². The maximum Gasteiger partial charge on any atom is 0.170 e. The second-order valence-corrected chi connectivity index (χ2v) is 6.47. The molecule has 5 heteroatoms. The molecule has 1 aromatic heterocycles. The highest BCUT2D eigenvalue weighted by molar-refractivity contribution is 9.10. The Labute approximate surface area is 132 Å². The Kier molecular flexibility index (Phi) is 4.10. The van der Waals surface area contributed by atoms with Gasteiger partial charge in [-0.3, -0.25) is 9.48 Å². The summed E-state index contributed by atoms with van der Waals surface area (Å²) >= 11 is 3.35. The highest BCUT2D eigenvalue weighted by atomic mass is 79.9. The van der Waals surface area contributed by atoms with Crippen LogP contribution in [-0.2, 0) is 6.42 Å². The van der Waals surface area contributed by atoms with E-state index in [1.165, 1.54) is 25.7 Å². The summed E-state index contributed by atoms with van der Waals surface area (Å²) in [5, 5.41) is 4.55. The van der Waals surface area contributed by atoms with Crippen LogP contribution in [0, 0.1) is 0 Å². The third-order valence-corrected chi connectivity index (χ3v) is 4.51. The minimum absolute atomic E-state index is 0.0108. The molecule has 110 valence electrons. The Morgan fingerprint density at radius 2 is 2.10 bits per heavy atom. The number of hydrogen-bond donors (Lipinski definition) is 1. The molecule has 4 nitrogen and oxygen atoms in total. The van der Waals surface area contributed by atoms with Gasteiger partial charge >= 0.3 is 0 Å². The molecule has 0 saturated heterocycles. The van der Waals surface area contributed by atoms with E-state index in [0.29, 0.717) is 23.7 Å². The monoisotopic (exact) mass is 347 g/mol. The van der Waals surface area contributed by atoms with E-state index in [0.717, 1.165) is 10.2 Å². The van der Waals surface area contributed by atoms with E-state index in [9.17, 15) is 4.79 Å². The molecular weight excluding hydrogens is 330 g/mol. The number of rotatable bonds is 4. The molecular formula is C16H18BrN3O. The molecule has 0 radical (unpaired) electrons. The van der Waals surface area contributed by atoms with E-state index in [2.05, 4.69) is 21.0 Å². The lowest BCUT2D eigenvalue weighted by molar-refractivity contribution is 0.0992. The van der Waals surface area contributed by atoms with Crippen molar-refractivity contribution in [3.63, 3.8) is 0 Å². The van der Waals surface area contributed by atoms with Gasteiger partial charge in [0.15, 0.2) is 5.78 Å². The summed E-state index contributed by atoms with van der Waals surface area (Å²) in [5.74, 6) is 0.0108. The van der Waals surface area contributed by atoms with Crippen LogP contribution in [0.25, 0.3) is 0 Å². The number of nitrogen functional groups attached to an aromatic ring is 1. The normalized spacial score (nSPS) is 15.5. The van der Waals surface area contributed by atoms with Gasteiger partial charge in [0, 0.05) is 21.9 Å². The number of nitrogens with zero attached hydrogens (tertiary/aromatic N) is 2. The lowest BCUT2D eigenvalue weighted by atomic mass is 10.1. The SMILES string of the molecule is Nc1cc(Br)ccc1C(=O)Cc1ccn(C2CCCC2)n1. The third kappa shape index (κ3) is 3.18. The fourth-order valence-corrected chi connectivity index (χ4v) is 3.27. The van der Waals surface area contributed by atoms with Crippen molar-refractivity contribution in [1.82, 2.24) is 9.78 Å². The Morgan fingerprint density at radius 3 is 2.81 bits per heavy atom. The molecule has 2 aromatic rings. The van der Waals surface area contributed by atoms with E-state index in [1.807, 2.05) is 23.0 Å². The lowest BCUT2D eigenvalue weighted by Crippen LogP contribution is -2.09. The van der Waals surface area contributed by atoms with Gasteiger partial charge in [-0.25, -0.2) is 0 Å². The predicted octanol–water partition coefficient (Wildman–Crippen LogP) is 3.77. The molecule has 1 heterocycles. The van der Waals surface area contributed by atoms with Gasteiger partial charge in [-0.1, -0.05) is 28.8 Å². The zero-order chi connectivity index (χ0) is 14.8. The highest BCUT2D eigenvalue weighted by Gasteiger charge is 2.18. The number of nitrogens with two attached hydrogens (primary N) is 1. The zero-order valence-corrected chi connectivity index (χ0v) is 13.3. The third-order valence-electron chi connectivity index (χ3n) is 4.02. The number of carbonyl (C=O) groups excluding carboxylic acids is 1. The molecule has 0 atom stereocenters. The molecule has 2 N–H and O–H groups in total. The van der Waals surface area contributed by atoms with Gasteiger partial charge in [0.05, 0.1) is 18.2 Å². The van der Waals surface area contributed by atoms with E-state index in [1.54, 1.807) is 12.1 Å². The Bertz CT molecular complexity index is 659. The van der Waals surface area contributed by atoms with Crippen LogP contribution in [0.1, 0.15) is 47.8 Å². The second kappa shape index (κ2) is 6.02. The minimum atomic E-state index is 0.0108. The minimum Gasteiger partial charge on any atom is -0.398 e. The van der Waals surface area contributed by atoms with E-state index in [-0.39, 0.29) is 5.78 Å². The Morgan fingerprint density at radius 1 is 1.33 bits per heavy atom. The van der Waals surface area contributed by atoms with Crippen LogP contribution in [0.2, 0.25) is 0 Å². The molecule has 1 aromatic carbocycles. The summed E-state index contributed by atoms with van der Waals surface area (Å²) in [7, 11) is 0. The van der Waals surface area contributed by atoms with Gasteiger partial charge < -0.3 is 5.73 Å². The molecule has 0 unspecified atom stereocenters. The van der Waals surface area contributed by atoms with Gasteiger partial charge in [0.2, 0.25) is 0 Å². The first kappa shape index (κ1) is 14.3. The number of ketones is 1. The van der Waals surface area contributed by atoms with Crippen molar-refractivity contribution in [2.45, 2.75) is 38.1 Å². The number of carbonyl (C=O) groups is 1. The van der Waals surface area contributed by atoms with Crippen LogP contribution in [0.4, 0.5) is 5.69 Å². The molecule has 3 rings (SSSR count). The molecule has 0 spiro atoms. The Balaban J connectivity index is 1.72. The number of anilines is 1. The highest BCUT2D eigenvalue weighted by Crippen LogP contribution is 2.29. The first-order chi connectivity index (χ1) is 10.1. The molecule has 0 bridgehead atoms. The smallest absolute Gasteiger partial charge is 0.170 e. The first-order valence-electron chi connectivity index (χ1n) is 7.26. The maximum atomic E-state index is 12.3. The molecule has 0 aliphatic heterocycles. The van der Waals surface area contributed by atoms with Crippen LogP contribution < -0.4 is 5.73 Å². The van der Waals surface area contributed by atoms with Gasteiger partial charge in [0.1, 0.15) is 0 Å². The number of aromatic nitrogens is 2. The molecule has 0 amide bonds. The van der Waals surface area contributed by atoms with Gasteiger partial charge in [0.25, 0.3) is 0 Å². The van der Waals surface area contributed by atoms with Crippen LogP contribution >= 0.6 is 15.9 Å². The van der Waals surface area contributed by atoms with Crippen molar-refractivity contribution in [2.75, 3.05) is 5.73 Å². The summed E-state index contributed by atoms with van der Waals surface area (Å²) in [6, 6.07) is 7.79. The van der Waals surface area contributed by atoms with Crippen molar-refractivity contribution in [2.24, 2.45) is 0 Å². The largest absolute Gasteiger partial charge is 0.398 e. The molecule has 1 aliphatic rings. The number of hydrogen-bond acceptors (Lipinski definition) is 3. The van der Waals surface area contributed by atoms with Gasteiger partial charge in [-0.15, -0.1) is 0 Å². The van der Waals surface area contributed by atoms with Crippen LogP contribution in [0.3, 0.4) is 0 Å². The zero-order valence-electron chi connectivity index (χ0n) is 11.8. The Hall–Kier alpha value is -1.62. The molecule has 21 heavy (non-hydrogen) atoms. The standard InChI is InChI=1S/C16H18BrN3O/c17-11-5-6-14(15(18)9-11)16(21)10-12-7-8-20(19-12)13-3-1-2-4-13/h5-9,13H,1-4,10,18H2. The summed E-state index contributed by atoms with van der Waals surface area (Å²) in [5.41, 5.74) is 7.79. The quantitative estimate of drug-likeness (QED) is 0.676. The van der Waals surface area contributed by atoms with Crippen LogP contribution in [0.15, 0.2) is 34.9 Å². The average Bonchev–Trinajstić information content (AvgIpc) is 3.08. The van der Waals surface area contributed by atoms with Crippen molar-refractivity contribution in [3.05, 3.63) is 46.2 Å².